The molecule has 0 aromatic carbocycles. The number of ether oxygens (including phenoxy) is 2. The van der Waals surface area contributed by atoms with Gasteiger partial charge in [0, 0.05) is 20.2 Å². The number of rotatable bonds is 6. The monoisotopic (exact) mass is 227 g/mol. The van der Waals surface area contributed by atoms with Crippen LogP contribution < -0.4 is 0 Å². The first-order chi connectivity index (χ1) is 7.65. The first-order valence-electron chi connectivity index (χ1n) is 4.93. The van der Waals surface area contributed by atoms with Crippen molar-refractivity contribution in [2.45, 2.75) is 13.3 Å². The van der Waals surface area contributed by atoms with Crippen LogP contribution in [0.1, 0.15) is 13.3 Å². The summed E-state index contributed by atoms with van der Waals surface area (Å²) in [5.41, 5.74) is 0. The van der Waals surface area contributed by atoms with Crippen LogP contribution in [0.2, 0.25) is 0 Å². The molecule has 90 valence electrons. The third kappa shape index (κ3) is 6.04. The molecule has 0 heterocycles. The lowest BCUT2D eigenvalue weighted by molar-refractivity contribution is -0.141. The molecule has 0 rings (SSSR count). The molecule has 0 aromatic rings. The van der Waals surface area contributed by atoms with Gasteiger partial charge in [0.25, 0.3) is 5.91 Å². The number of hydrogen-bond acceptors (Lipinski definition) is 4. The van der Waals surface area contributed by atoms with Crippen LogP contribution in [0.4, 0.5) is 0 Å². The predicted molar refractivity (Wildman–Crippen MR) is 58.5 cm³/mol. The Morgan fingerprint density at radius 3 is 2.44 bits per heavy atom. The second-order valence-corrected chi connectivity index (χ2v) is 2.99. The second-order valence-electron chi connectivity index (χ2n) is 2.99. The summed E-state index contributed by atoms with van der Waals surface area (Å²) in [4.78, 5) is 23.9. The smallest absolute Gasteiger partial charge is 0.307 e. The SMILES string of the molecule is CC#CC(=O)N(CCOC)CCC(=O)OC. The Morgan fingerprint density at radius 1 is 1.25 bits per heavy atom. The summed E-state index contributed by atoms with van der Waals surface area (Å²) in [6.07, 6.45) is 0.164. The molecule has 0 spiro atoms. The van der Waals surface area contributed by atoms with Gasteiger partial charge >= 0.3 is 5.97 Å². The molecular weight excluding hydrogens is 210 g/mol. The zero-order chi connectivity index (χ0) is 12.4. The molecule has 0 fully saturated rings. The Kier molecular flexibility index (Phi) is 7.90. The Bertz CT molecular complexity index is 290. The quantitative estimate of drug-likeness (QED) is 0.475. The third-order valence-electron chi connectivity index (χ3n) is 1.90. The topological polar surface area (TPSA) is 55.8 Å². The zero-order valence-electron chi connectivity index (χ0n) is 9.91. The van der Waals surface area contributed by atoms with Gasteiger partial charge in [-0.2, -0.15) is 0 Å². The highest BCUT2D eigenvalue weighted by Gasteiger charge is 2.12. The van der Waals surface area contributed by atoms with Gasteiger partial charge in [-0.15, -0.1) is 0 Å². The Balaban J connectivity index is 4.23. The first kappa shape index (κ1) is 14.5. The van der Waals surface area contributed by atoms with Gasteiger partial charge in [0.15, 0.2) is 0 Å². The summed E-state index contributed by atoms with van der Waals surface area (Å²) in [7, 11) is 2.87. The second kappa shape index (κ2) is 8.74. The molecule has 5 nitrogen and oxygen atoms in total. The Hall–Kier alpha value is -1.54. The summed E-state index contributed by atoms with van der Waals surface area (Å²) in [5, 5.41) is 0. The lowest BCUT2D eigenvalue weighted by atomic mass is 10.3. The van der Waals surface area contributed by atoms with Crippen LogP contribution in [0, 0.1) is 11.8 Å². The van der Waals surface area contributed by atoms with Crippen molar-refractivity contribution in [3.05, 3.63) is 0 Å². The van der Waals surface area contributed by atoms with Crippen molar-refractivity contribution >= 4 is 11.9 Å². The van der Waals surface area contributed by atoms with Crippen molar-refractivity contribution in [1.29, 1.82) is 0 Å². The van der Waals surface area contributed by atoms with Crippen molar-refractivity contribution in [2.75, 3.05) is 33.9 Å². The van der Waals surface area contributed by atoms with Gasteiger partial charge in [-0.25, -0.2) is 0 Å². The maximum Gasteiger partial charge on any atom is 0.307 e. The van der Waals surface area contributed by atoms with Crippen molar-refractivity contribution in [2.24, 2.45) is 0 Å². The minimum atomic E-state index is -0.348. The average molecular weight is 227 g/mol. The molecule has 0 atom stereocenters. The van der Waals surface area contributed by atoms with Crippen LogP contribution in [0.15, 0.2) is 0 Å². The molecule has 0 unspecified atom stereocenters. The number of carbonyl (C=O) groups is 2. The molecule has 0 radical (unpaired) electrons. The van der Waals surface area contributed by atoms with E-state index in [-0.39, 0.29) is 18.3 Å². The summed E-state index contributed by atoms with van der Waals surface area (Å²) >= 11 is 0. The van der Waals surface area contributed by atoms with Crippen molar-refractivity contribution in [3.63, 3.8) is 0 Å². The fraction of sp³-hybridized carbons (Fsp3) is 0.636. The van der Waals surface area contributed by atoms with E-state index in [1.807, 2.05) is 0 Å². The van der Waals surface area contributed by atoms with E-state index in [0.717, 1.165) is 0 Å². The normalized spacial score (nSPS) is 8.94. The minimum absolute atomic E-state index is 0.164. The highest BCUT2D eigenvalue weighted by atomic mass is 16.5. The van der Waals surface area contributed by atoms with Crippen LogP contribution in [0.25, 0.3) is 0 Å². The molecule has 0 aromatic heterocycles. The molecule has 1 amide bonds. The van der Waals surface area contributed by atoms with Gasteiger partial charge in [0.1, 0.15) is 0 Å². The molecule has 0 bridgehead atoms. The van der Waals surface area contributed by atoms with E-state index in [0.29, 0.717) is 19.7 Å². The molecule has 0 aliphatic rings. The Labute approximate surface area is 95.7 Å². The fourth-order valence-electron chi connectivity index (χ4n) is 1.03. The van der Waals surface area contributed by atoms with E-state index in [1.165, 1.54) is 12.0 Å². The van der Waals surface area contributed by atoms with Gasteiger partial charge in [-0.1, -0.05) is 5.92 Å². The van der Waals surface area contributed by atoms with E-state index in [9.17, 15) is 9.59 Å². The molecular formula is C11H17NO4. The van der Waals surface area contributed by atoms with Crippen LogP contribution in [-0.2, 0) is 19.1 Å². The lowest BCUT2D eigenvalue weighted by Crippen LogP contribution is -2.34. The van der Waals surface area contributed by atoms with Gasteiger partial charge < -0.3 is 14.4 Å². The number of carbonyl (C=O) groups excluding carboxylic acids is 2. The maximum absolute atomic E-state index is 11.5. The third-order valence-corrected chi connectivity index (χ3v) is 1.90. The van der Waals surface area contributed by atoms with E-state index in [1.54, 1.807) is 14.0 Å². The van der Waals surface area contributed by atoms with Gasteiger partial charge in [-0.05, 0) is 12.8 Å². The Morgan fingerprint density at radius 2 is 1.94 bits per heavy atom. The highest BCUT2D eigenvalue weighted by molar-refractivity contribution is 5.93. The number of esters is 1. The minimum Gasteiger partial charge on any atom is -0.469 e. The molecule has 0 aliphatic heterocycles. The van der Waals surface area contributed by atoms with Crippen LogP contribution >= 0.6 is 0 Å². The number of amides is 1. The van der Waals surface area contributed by atoms with Gasteiger partial charge in [0.2, 0.25) is 0 Å². The van der Waals surface area contributed by atoms with Crippen molar-refractivity contribution in [3.8, 4) is 11.8 Å². The number of hydrogen-bond donors (Lipinski definition) is 0. The fourth-order valence-corrected chi connectivity index (χ4v) is 1.03. The maximum atomic E-state index is 11.5. The molecule has 16 heavy (non-hydrogen) atoms. The lowest BCUT2D eigenvalue weighted by Gasteiger charge is -2.18. The van der Waals surface area contributed by atoms with Gasteiger partial charge in [-0.3, -0.25) is 9.59 Å². The van der Waals surface area contributed by atoms with E-state index < -0.39 is 0 Å². The number of methoxy groups -OCH3 is 2. The standard InChI is InChI=1S/C11H17NO4/c1-4-5-10(13)12(8-9-15-2)7-6-11(14)16-3/h6-9H2,1-3H3. The molecule has 0 N–H and O–H groups in total. The van der Waals surface area contributed by atoms with Crippen molar-refractivity contribution < 1.29 is 19.1 Å². The van der Waals surface area contributed by atoms with Crippen LogP contribution in [-0.4, -0.2) is 50.7 Å². The van der Waals surface area contributed by atoms with E-state index in [4.69, 9.17) is 4.74 Å². The summed E-state index contributed by atoms with van der Waals surface area (Å²) < 4.78 is 9.38. The largest absolute Gasteiger partial charge is 0.469 e. The summed E-state index contributed by atoms with van der Waals surface area (Å²) in [6, 6.07) is 0. The number of nitrogens with zero attached hydrogens (tertiary/aromatic N) is 1. The first-order valence-corrected chi connectivity index (χ1v) is 4.93. The molecule has 0 saturated heterocycles. The molecule has 5 heteroatoms. The van der Waals surface area contributed by atoms with E-state index >= 15 is 0 Å². The van der Waals surface area contributed by atoms with Crippen molar-refractivity contribution in [1.82, 2.24) is 4.90 Å². The molecule has 0 aliphatic carbocycles. The van der Waals surface area contributed by atoms with Crippen LogP contribution in [0.3, 0.4) is 0 Å². The highest BCUT2D eigenvalue weighted by Crippen LogP contribution is 1.94. The zero-order valence-corrected chi connectivity index (χ0v) is 9.91. The summed E-state index contributed by atoms with van der Waals surface area (Å²) in [5.74, 6) is 4.30. The van der Waals surface area contributed by atoms with Crippen LogP contribution in [0.5, 0.6) is 0 Å². The average Bonchev–Trinajstić information content (AvgIpc) is 2.29. The van der Waals surface area contributed by atoms with E-state index in [2.05, 4.69) is 16.6 Å². The molecule has 0 saturated carbocycles. The summed E-state index contributed by atoms with van der Waals surface area (Å²) in [6.45, 7) is 2.72. The predicted octanol–water partition coefficient (Wildman–Crippen LogP) is 0.0478. The van der Waals surface area contributed by atoms with Gasteiger partial charge in [0.05, 0.1) is 20.1 Å².